The molecule has 0 unspecified atom stereocenters. The monoisotopic (exact) mass is 378 g/mol. The standard InChI is InChI=1S/C20H19FN6O/c1-14-2-3-16(11-17(14)21)20-24-19(28-25-20)13-26-6-8-27(9-7-26)18-10-15(12-22)4-5-23-18/h2-5,10-11H,6-9,13H2,1H3. The second-order valence-corrected chi connectivity index (χ2v) is 6.75. The van der Waals surface area contributed by atoms with Crippen LogP contribution in [0.1, 0.15) is 17.0 Å². The van der Waals surface area contributed by atoms with Crippen LogP contribution in [0.15, 0.2) is 41.1 Å². The van der Waals surface area contributed by atoms with Gasteiger partial charge in [0.15, 0.2) is 0 Å². The van der Waals surface area contributed by atoms with Gasteiger partial charge in [0, 0.05) is 37.9 Å². The SMILES string of the molecule is Cc1ccc(-c2noc(CN3CCN(c4cc(C#N)ccn4)CC3)n2)cc1F. The maximum atomic E-state index is 13.7. The van der Waals surface area contributed by atoms with Gasteiger partial charge in [0.2, 0.25) is 11.7 Å². The number of pyridine rings is 1. The van der Waals surface area contributed by atoms with Gasteiger partial charge in [-0.25, -0.2) is 9.37 Å². The van der Waals surface area contributed by atoms with Crippen molar-refractivity contribution in [1.29, 1.82) is 5.26 Å². The summed E-state index contributed by atoms with van der Waals surface area (Å²) < 4.78 is 19.1. The Morgan fingerprint density at radius 3 is 2.75 bits per heavy atom. The highest BCUT2D eigenvalue weighted by Gasteiger charge is 2.20. The number of halogens is 1. The Labute approximate surface area is 162 Å². The van der Waals surface area contributed by atoms with Crippen LogP contribution in [0.2, 0.25) is 0 Å². The van der Waals surface area contributed by atoms with Crippen LogP contribution in [0.3, 0.4) is 0 Å². The fourth-order valence-electron chi connectivity index (χ4n) is 3.16. The molecule has 0 N–H and O–H groups in total. The molecule has 0 aliphatic carbocycles. The van der Waals surface area contributed by atoms with E-state index in [-0.39, 0.29) is 5.82 Å². The van der Waals surface area contributed by atoms with Crippen LogP contribution in [-0.2, 0) is 6.54 Å². The predicted octanol–water partition coefficient (Wildman–Crippen LogP) is 2.77. The molecule has 1 aliphatic heterocycles. The van der Waals surface area contributed by atoms with E-state index in [1.807, 2.05) is 0 Å². The Morgan fingerprint density at radius 2 is 2.00 bits per heavy atom. The smallest absolute Gasteiger partial charge is 0.241 e. The molecule has 1 saturated heterocycles. The molecule has 0 atom stereocenters. The van der Waals surface area contributed by atoms with Crippen molar-refractivity contribution in [3.63, 3.8) is 0 Å². The molecular weight excluding hydrogens is 359 g/mol. The molecule has 0 spiro atoms. The molecule has 0 bridgehead atoms. The number of anilines is 1. The van der Waals surface area contributed by atoms with Crippen molar-refractivity contribution in [1.82, 2.24) is 20.0 Å². The van der Waals surface area contributed by atoms with Gasteiger partial charge in [-0.15, -0.1) is 0 Å². The van der Waals surface area contributed by atoms with Crippen molar-refractivity contribution in [2.75, 3.05) is 31.1 Å². The molecule has 8 heteroatoms. The molecule has 3 heterocycles. The topological polar surface area (TPSA) is 82.1 Å². The molecule has 4 rings (SSSR count). The van der Waals surface area contributed by atoms with E-state index < -0.39 is 0 Å². The number of benzene rings is 1. The lowest BCUT2D eigenvalue weighted by atomic mass is 10.1. The van der Waals surface area contributed by atoms with Gasteiger partial charge in [-0.2, -0.15) is 10.2 Å². The van der Waals surface area contributed by atoms with Crippen LogP contribution in [-0.4, -0.2) is 46.2 Å². The highest BCUT2D eigenvalue weighted by molar-refractivity contribution is 5.54. The molecular formula is C20H19FN6O. The Morgan fingerprint density at radius 1 is 1.18 bits per heavy atom. The van der Waals surface area contributed by atoms with E-state index >= 15 is 0 Å². The van der Waals surface area contributed by atoms with Crippen LogP contribution in [0.4, 0.5) is 10.2 Å². The molecule has 7 nitrogen and oxygen atoms in total. The van der Waals surface area contributed by atoms with Crippen molar-refractivity contribution in [3.8, 4) is 17.5 Å². The Kier molecular flexibility index (Phi) is 5.00. The average Bonchev–Trinajstić information content (AvgIpc) is 3.19. The summed E-state index contributed by atoms with van der Waals surface area (Å²) in [7, 11) is 0. The molecule has 0 amide bonds. The van der Waals surface area contributed by atoms with E-state index in [0.29, 0.717) is 35.0 Å². The summed E-state index contributed by atoms with van der Waals surface area (Å²) in [5.74, 6) is 1.44. The average molecular weight is 378 g/mol. The second-order valence-electron chi connectivity index (χ2n) is 6.75. The lowest BCUT2D eigenvalue weighted by Crippen LogP contribution is -2.46. The number of hydrogen-bond donors (Lipinski definition) is 0. The normalized spacial score (nSPS) is 14.8. The van der Waals surface area contributed by atoms with E-state index in [9.17, 15) is 4.39 Å². The maximum Gasteiger partial charge on any atom is 0.241 e. The zero-order valence-corrected chi connectivity index (χ0v) is 15.5. The zero-order valence-electron chi connectivity index (χ0n) is 15.5. The minimum atomic E-state index is -0.283. The van der Waals surface area contributed by atoms with Gasteiger partial charge >= 0.3 is 0 Å². The minimum Gasteiger partial charge on any atom is -0.354 e. The predicted molar refractivity (Wildman–Crippen MR) is 101 cm³/mol. The van der Waals surface area contributed by atoms with Crippen LogP contribution >= 0.6 is 0 Å². The largest absolute Gasteiger partial charge is 0.354 e. The molecule has 0 saturated carbocycles. The van der Waals surface area contributed by atoms with E-state index in [1.54, 1.807) is 37.4 Å². The molecule has 142 valence electrons. The van der Waals surface area contributed by atoms with Crippen LogP contribution in [0, 0.1) is 24.1 Å². The summed E-state index contributed by atoms with van der Waals surface area (Å²) in [5, 5.41) is 13.0. The number of piperazine rings is 1. The lowest BCUT2D eigenvalue weighted by molar-refractivity contribution is 0.215. The van der Waals surface area contributed by atoms with Crippen molar-refractivity contribution in [2.24, 2.45) is 0 Å². The molecule has 3 aromatic rings. The van der Waals surface area contributed by atoms with E-state index in [2.05, 4.69) is 31.0 Å². The third-order valence-electron chi connectivity index (χ3n) is 4.83. The molecule has 1 aliphatic rings. The summed E-state index contributed by atoms with van der Waals surface area (Å²) in [6.45, 7) is 5.48. The van der Waals surface area contributed by atoms with Gasteiger partial charge in [-0.3, -0.25) is 4.90 Å². The first kappa shape index (κ1) is 18.1. The first-order chi connectivity index (χ1) is 13.6. The van der Waals surface area contributed by atoms with Gasteiger partial charge < -0.3 is 9.42 Å². The van der Waals surface area contributed by atoms with Gasteiger partial charge in [0.1, 0.15) is 11.6 Å². The van der Waals surface area contributed by atoms with Gasteiger partial charge in [-0.05, 0) is 30.7 Å². The molecule has 2 aromatic heterocycles. The van der Waals surface area contributed by atoms with E-state index in [1.165, 1.54) is 6.07 Å². The van der Waals surface area contributed by atoms with Crippen LogP contribution in [0.5, 0.6) is 0 Å². The molecule has 0 radical (unpaired) electrons. The number of aryl methyl sites for hydroxylation is 1. The lowest BCUT2D eigenvalue weighted by Gasteiger charge is -2.34. The Balaban J connectivity index is 1.37. The highest BCUT2D eigenvalue weighted by atomic mass is 19.1. The number of nitriles is 1. The number of aromatic nitrogens is 3. The second kappa shape index (κ2) is 7.74. The highest BCUT2D eigenvalue weighted by Crippen LogP contribution is 2.20. The number of nitrogens with zero attached hydrogens (tertiary/aromatic N) is 6. The summed E-state index contributed by atoms with van der Waals surface area (Å²) in [6, 6.07) is 10.6. The number of hydrogen-bond acceptors (Lipinski definition) is 7. The molecule has 1 fully saturated rings. The van der Waals surface area contributed by atoms with Crippen molar-refractivity contribution >= 4 is 5.82 Å². The number of rotatable bonds is 4. The van der Waals surface area contributed by atoms with Crippen molar-refractivity contribution in [3.05, 3.63) is 59.4 Å². The van der Waals surface area contributed by atoms with Crippen molar-refractivity contribution < 1.29 is 8.91 Å². The molecule has 1 aromatic carbocycles. The minimum absolute atomic E-state index is 0.283. The quantitative estimate of drug-likeness (QED) is 0.690. The van der Waals surface area contributed by atoms with Gasteiger partial charge in [0.25, 0.3) is 0 Å². The zero-order chi connectivity index (χ0) is 19.5. The maximum absolute atomic E-state index is 13.7. The third-order valence-corrected chi connectivity index (χ3v) is 4.83. The molecule has 28 heavy (non-hydrogen) atoms. The summed E-state index contributed by atoms with van der Waals surface area (Å²) in [5.41, 5.74) is 1.80. The Hall–Kier alpha value is -3.31. The van der Waals surface area contributed by atoms with Gasteiger partial charge in [-0.1, -0.05) is 17.3 Å². The Bertz CT molecular complexity index is 1020. The van der Waals surface area contributed by atoms with Crippen LogP contribution in [0.25, 0.3) is 11.4 Å². The van der Waals surface area contributed by atoms with Crippen molar-refractivity contribution in [2.45, 2.75) is 13.5 Å². The third kappa shape index (κ3) is 3.85. The summed E-state index contributed by atoms with van der Waals surface area (Å²) >= 11 is 0. The summed E-state index contributed by atoms with van der Waals surface area (Å²) in [4.78, 5) is 13.1. The first-order valence-corrected chi connectivity index (χ1v) is 9.05. The fraction of sp³-hybridized carbons (Fsp3) is 0.300. The fourth-order valence-corrected chi connectivity index (χ4v) is 3.16. The summed E-state index contributed by atoms with van der Waals surface area (Å²) in [6.07, 6.45) is 1.66. The first-order valence-electron chi connectivity index (χ1n) is 9.05. The van der Waals surface area contributed by atoms with E-state index in [4.69, 9.17) is 9.78 Å². The van der Waals surface area contributed by atoms with Gasteiger partial charge in [0.05, 0.1) is 18.2 Å². The van der Waals surface area contributed by atoms with E-state index in [0.717, 1.165) is 32.0 Å². The van der Waals surface area contributed by atoms with Crippen LogP contribution < -0.4 is 4.90 Å².